The van der Waals surface area contributed by atoms with Crippen LogP contribution in [0.1, 0.15) is 51.1 Å². The third kappa shape index (κ3) is 4.77. The van der Waals surface area contributed by atoms with Crippen LogP contribution >= 0.6 is 0 Å². The molecule has 0 fully saturated rings. The number of carboxylic acids is 1. The molecule has 0 saturated heterocycles. The van der Waals surface area contributed by atoms with Crippen molar-refractivity contribution in [3.63, 3.8) is 0 Å². The number of carbonyl (C=O) groups is 3. The molecule has 5 N–H and O–H groups in total. The molecule has 0 aromatic heterocycles. The quantitative estimate of drug-likeness (QED) is 0.207. The van der Waals surface area contributed by atoms with Crippen LogP contribution in [-0.4, -0.2) is 64.7 Å². The monoisotopic (exact) mass is 502 g/mol. The number of nitrogens with two attached hydrogens (primary N) is 1. The predicted octanol–water partition coefficient (Wildman–Crippen LogP) is -0.735. The number of fused-ring (bicyclic) bond motifs is 2. The van der Waals surface area contributed by atoms with E-state index in [9.17, 15) is 38.3 Å². The zero-order valence-electron chi connectivity index (χ0n) is 18.9. The van der Waals surface area contributed by atoms with Crippen molar-refractivity contribution in [1.82, 2.24) is 4.90 Å². The first kappa shape index (κ1) is 25.9. The molecule has 2 aromatic carbocycles. The Balaban J connectivity index is 1.79. The van der Waals surface area contributed by atoms with Crippen molar-refractivity contribution in [1.29, 1.82) is 0 Å². The number of carbonyl (C=O) groups excluding carboxylic acids is 2. The lowest BCUT2D eigenvalue weighted by Gasteiger charge is -2.28. The Labute approximate surface area is 204 Å². The highest BCUT2D eigenvalue weighted by molar-refractivity contribution is 6.62. The van der Waals surface area contributed by atoms with Crippen LogP contribution in [0.25, 0.3) is 0 Å². The van der Waals surface area contributed by atoms with Crippen LogP contribution in [0.5, 0.6) is 0 Å². The summed E-state index contributed by atoms with van der Waals surface area (Å²) >= 11 is 0. The first-order valence-electron chi connectivity index (χ1n) is 11.2. The van der Waals surface area contributed by atoms with Gasteiger partial charge in [0, 0.05) is 0 Å². The normalized spacial score (nSPS) is 15.0. The van der Waals surface area contributed by atoms with E-state index in [1.165, 1.54) is 0 Å². The molecule has 0 aliphatic carbocycles. The Hall–Kier alpha value is -3.16. The van der Waals surface area contributed by atoms with Gasteiger partial charge in [0.15, 0.2) is 0 Å². The minimum atomic E-state index is -1.75. The predicted molar refractivity (Wildman–Crippen MR) is 122 cm³/mol. The van der Waals surface area contributed by atoms with Crippen molar-refractivity contribution < 1.29 is 47.6 Å². The summed E-state index contributed by atoms with van der Waals surface area (Å²) in [5.74, 6) is -6.36. The molecule has 10 nitrogen and oxygen atoms in total. The molecule has 2 amide bonds. The number of benzene rings is 2. The molecule has 2 heterocycles. The topological polar surface area (TPSA) is 160 Å². The van der Waals surface area contributed by atoms with Crippen LogP contribution in [0.4, 0.5) is 8.78 Å². The lowest BCUT2D eigenvalue weighted by atomic mass is 9.78. The highest BCUT2D eigenvalue weighted by Crippen LogP contribution is 2.24. The van der Waals surface area contributed by atoms with Gasteiger partial charge in [-0.1, -0.05) is 0 Å². The lowest BCUT2D eigenvalue weighted by molar-refractivity contribution is -0.141. The molecule has 2 aromatic rings. The largest absolute Gasteiger partial charge is 0.491 e. The van der Waals surface area contributed by atoms with Crippen LogP contribution in [0.2, 0.25) is 0 Å². The first-order valence-corrected chi connectivity index (χ1v) is 11.2. The van der Waals surface area contributed by atoms with E-state index in [-0.39, 0.29) is 54.7 Å². The van der Waals surface area contributed by atoms with Gasteiger partial charge in [-0.2, -0.15) is 0 Å². The van der Waals surface area contributed by atoms with Crippen molar-refractivity contribution in [2.75, 3.05) is 6.54 Å². The van der Waals surface area contributed by atoms with E-state index in [2.05, 4.69) is 0 Å². The number of unbranched alkanes of at least 4 members (excludes halogenated alkanes) is 1. The van der Waals surface area contributed by atoms with E-state index in [1.54, 1.807) is 0 Å². The summed E-state index contributed by atoms with van der Waals surface area (Å²) in [4.78, 5) is 39.5. The SMILES string of the molecule is NCCCC[C@@H](C(=O)O)N(C(=O)c1cc2c(cc1F)B(O)OC2)C(=O)c1cc2c(cc1F)B(O)OC2. The third-order valence-corrected chi connectivity index (χ3v) is 6.21. The molecule has 2 aliphatic rings. The lowest BCUT2D eigenvalue weighted by Crippen LogP contribution is -2.49. The van der Waals surface area contributed by atoms with Gasteiger partial charge in [0.1, 0.15) is 17.7 Å². The molecule has 0 radical (unpaired) electrons. The number of carboxylic acid groups (broad SMARTS) is 1. The fourth-order valence-corrected chi connectivity index (χ4v) is 4.30. The van der Waals surface area contributed by atoms with Gasteiger partial charge in [0.25, 0.3) is 11.8 Å². The summed E-state index contributed by atoms with van der Waals surface area (Å²) < 4.78 is 40.0. The molecular weight excluding hydrogens is 480 g/mol. The molecular formula is C22H22B2F2N2O8. The first-order chi connectivity index (χ1) is 17.1. The second-order valence-electron chi connectivity index (χ2n) is 8.51. The Morgan fingerprint density at radius 1 is 0.917 bits per heavy atom. The van der Waals surface area contributed by atoms with Gasteiger partial charge >= 0.3 is 20.2 Å². The summed E-state index contributed by atoms with van der Waals surface area (Å²) in [5.41, 5.74) is 4.97. The average molecular weight is 502 g/mol. The van der Waals surface area contributed by atoms with Crippen molar-refractivity contribution in [2.24, 2.45) is 5.73 Å². The third-order valence-electron chi connectivity index (χ3n) is 6.21. The standard InChI is InChI=1S/C22H22B2F2N2O8/c25-17-7-15-11(9-35-23(15)33)5-13(17)20(29)28(19(22(31)32)3-1-2-4-27)21(30)14-6-12-10-36-24(34)16(12)8-18(14)26/h5-8,19,33-34H,1-4,9-10,27H2,(H,31,32)/t19-/m0/s1. The van der Waals surface area contributed by atoms with Gasteiger partial charge in [-0.05, 0) is 72.1 Å². The van der Waals surface area contributed by atoms with E-state index >= 15 is 0 Å². The van der Waals surface area contributed by atoms with E-state index < -0.39 is 60.8 Å². The molecule has 0 bridgehead atoms. The summed E-state index contributed by atoms with van der Waals surface area (Å²) in [6.45, 7) is -0.0327. The Morgan fingerprint density at radius 3 is 1.81 bits per heavy atom. The van der Waals surface area contributed by atoms with Gasteiger partial charge in [0.05, 0.1) is 24.3 Å². The van der Waals surface area contributed by atoms with Crippen molar-refractivity contribution in [3.8, 4) is 0 Å². The maximum absolute atomic E-state index is 15.0. The fraction of sp³-hybridized carbons (Fsp3) is 0.318. The number of rotatable bonds is 8. The van der Waals surface area contributed by atoms with E-state index in [0.717, 1.165) is 24.3 Å². The average Bonchev–Trinajstić information content (AvgIpc) is 3.38. The minimum absolute atomic E-state index is 0.0999. The molecule has 0 unspecified atom stereocenters. The number of imide groups is 1. The highest BCUT2D eigenvalue weighted by Gasteiger charge is 2.40. The maximum Gasteiger partial charge on any atom is 0.491 e. The number of aliphatic carboxylic acids is 1. The Morgan fingerprint density at radius 2 is 1.39 bits per heavy atom. The Bertz CT molecular complexity index is 1150. The summed E-state index contributed by atoms with van der Waals surface area (Å²) in [5, 5.41) is 29.5. The highest BCUT2D eigenvalue weighted by atomic mass is 19.1. The minimum Gasteiger partial charge on any atom is -0.480 e. The van der Waals surface area contributed by atoms with Crippen LogP contribution in [0.3, 0.4) is 0 Å². The van der Waals surface area contributed by atoms with E-state index in [1.807, 2.05) is 0 Å². The summed E-state index contributed by atoms with van der Waals surface area (Å²) in [6, 6.07) is 2.15. The van der Waals surface area contributed by atoms with Crippen molar-refractivity contribution in [2.45, 2.75) is 38.5 Å². The zero-order chi connectivity index (χ0) is 26.1. The van der Waals surface area contributed by atoms with Gasteiger partial charge in [0.2, 0.25) is 0 Å². The molecule has 4 rings (SSSR count). The molecule has 36 heavy (non-hydrogen) atoms. The van der Waals surface area contributed by atoms with Gasteiger partial charge in [-0.25, -0.2) is 13.6 Å². The van der Waals surface area contributed by atoms with Crippen LogP contribution in [0, 0.1) is 11.6 Å². The second-order valence-corrected chi connectivity index (χ2v) is 8.51. The van der Waals surface area contributed by atoms with Gasteiger partial charge in [-0.3, -0.25) is 14.5 Å². The number of hydrogen-bond acceptors (Lipinski definition) is 8. The fourth-order valence-electron chi connectivity index (χ4n) is 4.30. The van der Waals surface area contributed by atoms with E-state index in [4.69, 9.17) is 15.0 Å². The molecule has 0 spiro atoms. The summed E-state index contributed by atoms with van der Waals surface area (Å²) in [7, 11) is -2.78. The smallest absolute Gasteiger partial charge is 0.480 e. The summed E-state index contributed by atoms with van der Waals surface area (Å²) in [6.07, 6.45) is 0.418. The second kappa shape index (κ2) is 10.4. The molecule has 0 saturated carbocycles. The van der Waals surface area contributed by atoms with Gasteiger partial charge < -0.3 is 30.2 Å². The van der Waals surface area contributed by atoms with Gasteiger partial charge in [-0.15, -0.1) is 0 Å². The maximum atomic E-state index is 15.0. The zero-order valence-corrected chi connectivity index (χ0v) is 18.9. The van der Waals surface area contributed by atoms with Crippen molar-refractivity contribution in [3.05, 3.63) is 58.2 Å². The van der Waals surface area contributed by atoms with Crippen LogP contribution in [0.15, 0.2) is 24.3 Å². The number of halogens is 2. The Kier molecular flexibility index (Phi) is 7.52. The number of nitrogens with zero attached hydrogens (tertiary/aromatic N) is 1. The molecule has 14 heteroatoms. The molecule has 2 aliphatic heterocycles. The van der Waals surface area contributed by atoms with Crippen molar-refractivity contribution >= 4 is 42.9 Å². The molecule has 1 atom stereocenters. The molecule has 188 valence electrons. The van der Waals surface area contributed by atoms with Crippen LogP contribution < -0.4 is 16.7 Å². The number of amides is 2. The number of hydrogen-bond donors (Lipinski definition) is 4. The van der Waals surface area contributed by atoms with E-state index in [0.29, 0.717) is 11.3 Å². The van der Waals surface area contributed by atoms with Crippen LogP contribution in [-0.2, 0) is 27.3 Å².